The molecule has 2 rings (SSSR count). The van der Waals surface area contributed by atoms with Crippen LogP contribution in [0, 0.1) is 17.8 Å². The first-order valence-electron chi connectivity index (χ1n) is 16.2. The summed E-state index contributed by atoms with van der Waals surface area (Å²) in [5.41, 5.74) is -0.992. The Balaban J connectivity index is 2.00. The normalized spacial score (nSPS) is 24.5. The van der Waals surface area contributed by atoms with Gasteiger partial charge in [-0.15, -0.1) is 0 Å². The maximum absolute atomic E-state index is 13.0. The predicted octanol–water partition coefficient (Wildman–Crippen LogP) is 4.89. The SMILES string of the molecule is CCCCCCC(C)C/C(C)=C\C(CO)CC(C)CCC(O)C(C)(C)c1cc(O)c([C@@H]2O[C@H](CO)C[C@H](O)[C@H]2O)c(=O)o1. The fraction of sp³-hybridized carbons (Fsp3) is 0.794. The van der Waals surface area contributed by atoms with Crippen molar-refractivity contribution in [1.29, 1.82) is 0 Å². The zero-order valence-corrected chi connectivity index (χ0v) is 27.2. The van der Waals surface area contributed by atoms with Gasteiger partial charge in [0.15, 0.2) is 0 Å². The Bertz CT molecular complexity index is 1050. The van der Waals surface area contributed by atoms with Crippen molar-refractivity contribution in [3.05, 3.63) is 39.5 Å². The van der Waals surface area contributed by atoms with Gasteiger partial charge in [-0.2, -0.15) is 0 Å². The molecule has 1 aromatic heterocycles. The van der Waals surface area contributed by atoms with E-state index in [1.165, 1.54) is 43.7 Å². The van der Waals surface area contributed by atoms with Crippen molar-refractivity contribution in [2.24, 2.45) is 17.8 Å². The van der Waals surface area contributed by atoms with Crippen LogP contribution in [0.25, 0.3) is 0 Å². The van der Waals surface area contributed by atoms with Crippen LogP contribution in [0.3, 0.4) is 0 Å². The molecule has 1 aromatic rings. The first-order valence-corrected chi connectivity index (χ1v) is 16.2. The van der Waals surface area contributed by atoms with Crippen molar-refractivity contribution in [1.82, 2.24) is 0 Å². The largest absolute Gasteiger partial charge is 0.507 e. The summed E-state index contributed by atoms with van der Waals surface area (Å²) in [6.07, 6.45) is 5.65. The Labute approximate surface area is 257 Å². The Morgan fingerprint density at radius 1 is 1.09 bits per heavy atom. The molecule has 4 unspecified atom stereocenters. The highest BCUT2D eigenvalue weighted by molar-refractivity contribution is 5.35. The second-order valence-electron chi connectivity index (χ2n) is 13.6. The number of unbranched alkanes of at least 4 members (excludes halogenated alkanes) is 3. The lowest BCUT2D eigenvalue weighted by atomic mass is 9.79. The van der Waals surface area contributed by atoms with Gasteiger partial charge in [0.05, 0.1) is 24.9 Å². The summed E-state index contributed by atoms with van der Waals surface area (Å²) in [4.78, 5) is 13.0. The van der Waals surface area contributed by atoms with E-state index in [4.69, 9.17) is 9.15 Å². The molecule has 0 aliphatic carbocycles. The van der Waals surface area contributed by atoms with Crippen LogP contribution in [-0.2, 0) is 10.2 Å². The van der Waals surface area contributed by atoms with E-state index in [2.05, 4.69) is 33.8 Å². The van der Waals surface area contributed by atoms with Crippen LogP contribution in [0.2, 0.25) is 0 Å². The number of hydrogen-bond acceptors (Lipinski definition) is 9. The molecular formula is C34H58O9. The third-order valence-electron chi connectivity index (χ3n) is 9.08. The molecule has 1 saturated heterocycles. The third-order valence-corrected chi connectivity index (χ3v) is 9.08. The molecule has 1 aliphatic rings. The van der Waals surface area contributed by atoms with Gasteiger partial charge in [0.25, 0.3) is 0 Å². The molecule has 248 valence electrons. The first kappa shape index (κ1) is 37.4. The van der Waals surface area contributed by atoms with Gasteiger partial charge < -0.3 is 39.8 Å². The average molecular weight is 611 g/mol. The Morgan fingerprint density at radius 3 is 2.40 bits per heavy atom. The maximum atomic E-state index is 13.0. The Kier molecular flexibility index (Phi) is 15.4. The van der Waals surface area contributed by atoms with Crippen LogP contribution in [0.15, 0.2) is 26.9 Å². The quantitative estimate of drug-likeness (QED) is 0.100. The second-order valence-corrected chi connectivity index (χ2v) is 13.6. The molecule has 0 spiro atoms. The lowest BCUT2D eigenvalue weighted by Crippen LogP contribution is -2.46. The summed E-state index contributed by atoms with van der Waals surface area (Å²) < 4.78 is 11.1. The topological polar surface area (TPSA) is 161 Å². The molecule has 43 heavy (non-hydrogen) atoms. The number of ether oxygens (including phenoxy) is 1. The molecule has 8 atom stereocenters. The van der Waals surface area contributed by atoms with Gasteiger partial charge >= 0.3 is 5.63 Å². The summed E-state index contributed by atoms with van der Waals surface area (Å²) in [6.45, 7) is 11.9. The maximum Gasteiger partial charge on any atom is 0.345 e. The minimum Gasteiger partial charge on any atom is -0.507 e. The Morgan fingerprint density at radius 2 is 1.79 bits per heavy atom. The molecule has 1 fully saturated rings. The second kappa shape index (κ2) is 17.7. The fourth-order valence-electron chi connectivity index (χ4n) is 6.22. The zero-order chi connectivity index (χ0) is 32.3. The minimum atomic E-state index is -1.48. The van der Waals surface area contributed by atoms with Gasteiger partial charge in [-0.05, 0) is 44.4 Å². The van der Waals surface area contributed by atoms with E-state index >= 15 is 0 Å². The summed E-state index contributed by atoms with van der Waals surface area (Å²) in [5, 5.41) is 61.9. The van der Waals surface area contributed by atoms with Crippen LogP contribution in [0.5, 0.6) is 5.75 Å². The van der Waals surface area contributed by atoms with E-state index in [-0.39, 0.29) is 36.2 Å². The fourth-order valence-corrected chi connectivity index (χ4v) is 6.22. The molecule has 0 radical (unpaired) electrons. The smallest absolute Gasteiger partial charge is 0.345 e. The van der Waals surface area contributed by atoms with Crippen LogP contribution >= 0.6 is 0 Å². The highest BCUT2D eigenvalue weighted by Crippen LogP contribution is 2.38. The van der Waals surface area contributed by atoms with E-state index in [1.54, 1.807) is 13.8 Å². The van der Waals surface area contributed by atoms with Crippen LogP contribution in [0.4, 0.5) is 0 Å². The van der Waals surface area contributed by atoms with Crippen molar-refractivity contribution in [2.75, 3.05) is 13.2 Å². The van der Waals surface area contributed by atoms with Crippen LogP contribution < -0.4 is 5.63 Å². The molecular weight excluding hydrogens is 552 g/mol. The summed E-state index contributed by atoms with van der Waals surface area (Å²) in [7, 11) is 0. The van der Waals surface area contributed by atoms with Crippen molar-refractivity contribution < 1.29 is 39.8 Å². The number of aromatic hydroxyl groups is 1. The van der Waals surface area contributed by atoms with Crippen molar-refractivity contribution >= 4 is 0 Å². The van der Waals surface area contributed by atoms with Crippen molar-refractivity contribution in [2.45, 2.75) is 142 Å². The lowest BCUT2D eigenvalue weighted by Gasteiger charge is -2.36. The first-order chi connectivity index (χ1) is 20.2. The van der Waals surface area contributed by atoms with Gasteiger partial charge in [-0.3, -0.25) is 0 Å². The molecule has 9 nitrogen and oxygen atoms in total. The van der Waals surface area contributed by atoms with Gasteiger partial charge in [0, 0.05) is 30.4 Å². The van der Waals surface area contributed by atoms with Crippen molar-refractivity contribution in [3.63, 3.8) is 0 Å². The van der Waals surface area contributed by atoms with E-state index in [0.29, 0.717) is 18.8 Å². The van der Waals surface area contributed by atoms with Gasteiger partial charge in [-0.25, -0.2) is 4.79 Å². The van der Waals surface area contributed by atoms with Crippen LogP contribution in [-0.4, -0.2) is 68.3 Å². The molecule has 1 aliphatic heterocycles. The molecule has 0 amide bonds. The van der Waals surface area contributed by atoms with Crippen LogP contribution in [0.1, 0.15) is 123 Å². The number of aliphatic hydroxyl groups excluding tert-OH is 5. The summed E-state index contributed by atoms with van der Waals surface area (Å²) >= 11 is 0. The molecule has 6 N–H and O–H groups in total. The number of aliphatic hydroxyl groups is 5. The van der Waals surface area contributed by atoms with Gasteiger partial charge in [-0.1, -0.05) is 78.4 Å². The van der Waals surface area contributed by atoms with Gasteiger partial charge in [0.1, 0.15) is 29.3 Å². The van der Waals surface area contributed by atoms with Gasteiger partial charge in [0.2, 0.25) is 0 Å². The molecule has 2 heterocycles. The molecule has 0 saturated carbocycles. The predicted molar refractivity (Wildman–Crippen MR) is 167 cm³/mol. The lowest BCUT2D eigenvalue weighted by molar-refractivity contribution is -0.180. The highest BCUT2D eigenvalue weighted by atomic mass is 16.5. The van der Waals surface area contributed by atoms with E-state index < -0.39 is 53.9 Å². The van der Waals surface area contributed by atoms with E-state index in [1.807, 2.05) is 0 Å². The molecule has 9 heteroatoms. The van der Waals surface area contributed by atoms with Crippen molar-refractivity contribution in [3.8, 4) is 5.75 Å². The summed E-state index contributed by atoms with van der Waals surface area (Å²) in [5.74, 6) is 0.519. The van der Waals surface area contributed by atoms with E-state index in [0.717, 1.165) is 12.8 Å². The zero-order valence-electron chi connectivity index (χ0n) is 27.2. The Hall–Kier alpha value is -1.75. The standard InChI is InChI=1S/C34H58O9/c1-7-8-9-10-11-21(2)14-23(4)16-24(19-35)15-22(3)12-13-28(39)34(5,6)29-18-26(37)30(33(41)43-29)32-31(40)27(38)17-25(20-36)42-32/h16,18,21-22,24-25,27-28,31-32,35-40H,7-15,17,19-20H2,1-6H3/b23-16-/t21?,22?,24?,25-,27-,28?,31+,32-/m0/s1. The summed E-state index contributed by atoms with van der Waals surface area (Å²) in [6, 6.07) is 1.24. The highest BCUT2D eigenvalue weighted by Gasteiger charge is 2.42. The monoisotopic (exact) mass is 610 g/mol. The third kappa shape index (κ3) is 11.0. The minimum absolute atomic E-state index is 0.0106. The average Bonchev–Trinajstić information content (AvgIpc) is 2.95. The number of rotatable bonds is 18. The number of allylic oxidation sites excluding steroid dienone is 1. The number of hydrogen-bond donors (Lipinski definition) is 6. The molecule has 0 aromatic carbocycles. The van der Waals surface area contributed by atoms with E-state index in [9.17, 15) is 35.4 Å². The molecule has 0 bridgehead atoms.